The van der Waals surface area contributed by atoms with Crippen molar-refractivity contribution < 1.29 is 17.9 Å². The summed E-state index contributed by atoms with van der Waals surface area (Å²) in [6, 6.07) is 12.6. The number of ether oxygens (including phenoxy) is 1. The molecule has 1 N–H and O–H groups in total. The Hall–Kier alpha value is -2.09. The van der Waals surface area contributed by atoms with Crippen molar-refractivity contribution in [3.63, 3.8) is 0 Å². The molecule has 0 aliphatic heterocycles. The van der Waals surface area contributed by atoms with E-state index in [2.05, 4.69) is 4.72 Å². The standard InChI is InChI=1S/C20H23ClN2O4S/c1-14(22-28(25,26)19-11-5-16(21)6-12-19)20(24)23(17-7-8-17)13-15-3-9-18(27-2)10-4-15/h3-6,9-12,14,17,22H,7-8,13H2,1-2H3/t14-/m0/s1. The third kappa shape index (κ3) is 5.04. The summed E-state index contributed by atoms with van der Waals surface area (Å²) in [5.41, 5.74) is 0.966. The fraction of sp³-hybridized carbons (Fsp3) is 0.350. The topological polar surface area (TPSA) is 75.7 Å². The molecule has 28 heavy (non-hydrogen) atoms. The van der Waals surface area contributed by atoms with Gasteiger partial charge in [-0.1, -0.05) is 23.7 Å². The van der Waals surface area contributed by atoms with Gasteiger partial charge < -0.3 is 9.64 Å². The number of nitrogens with zero attached hydrogens (tertiary/aromatic N) is 1. The van der Waals surface area contributed by atoms with Gasteiger partial charge in [0.1, 0.15) is 5.75 Å². The van der Waals surface area contributed by atoms with E-state index in [9.17, 15) is 13.2 Å². The van der Waals surface area contributed by atoms with E-state index in [0.29, 0.717) is 11.6 Å². The van der Waals surface area contributed by atoms with Gasteiger partial charge in [0.25, 0.3) is 0 Å². The van der Waals surface area contributed by atoms with E-state index in [1.54, 1.807) is 18.9 Å². The Labute approximate surface area is 170 Å². The number of sulfonamides is 1. The van der Waals surface area contributed by atoms with E-state index in [1.807, 2.05) is 24.3 Å². The molecule has 1 atom stereocenters. The lowest BCUT2D eigenvalue weighted by atomic mass is 10.2. The summed E-state index contributed by atoms with van der Waals surface area (Å²) in [7, 11) is -2.21. The first-order valence-electron chi connectivity index (χ1n) is 9.01. The Morgan fingerprint density at radius 1 is 1.18 bits per heavy atom. The Morgan fingerprint density at radius 3 is 2.32 bits per heavy atom. The maximum absolute atomic E-state index is 13.0. The fourth-order valence-electron chi connectivity index (χ4n) is 2.91. The van der Waals surface area contributed by atoms with E-state index >= 15 is 0 Å². The monoisotopic (exact) mass is 422 g/mol. The second-order valence-corrected chi connectivity index (χ2v) is 8.99. The predicted octanol–water partition coefficient (Wildman–Crippen LogP) is 3.21. The average molecular weight is 423 g/mol. The minimum atomic E-state index is -3.81. The van der Waals surface area contributed by atoms with Gasteiger partial charge >= 0.3 is 0 Å². The quantitative estimate of drug-likeness (QED) is 0.708. The molecule has 6 nitrogen and oxygen atoms in total. The summed E-state index contributed by atoms with van der Waals surface area (Å²) in [5, 5.41) is 0.447. The van der Waals surface area contributed by atoms with Crippen molar-refractivity contribution in [3.8, 4) is 5.75 Å². The molecule has 0 unspecified atom stereocenters. The molecule has 0 saturated heterocycles. The van der Waals surface area contributed by atoms with Crippen molar-refractivity contribution >= 4 is 27.5 Å². The van der Waals surface area contributed by atoms with Crippen LogP contribution in [0.4, 0.5) is 0 Å². The van der Waals surface area contributed by atoms with Crippen LogP contribution in [0.25, 0.3) is 0 Å². The van der Waals surface area contributed by atoms with Crippen molar-refractivity contribution in [2.75, 3.05) is 7.11 Å². The Kier molecular flexibility index (Phi) is 6.27. The number of hydrogen-bond acceptors (Lipinski definition) is 4. The molecule has 2 aromatic rings. The van der Waals surface area contributed by atoms with E-state index in [1.165, 1.54) is 24.3 Å². The SMILES string of the molecule is COc1ccc(CN(C(=O)[C@H](C)NS(=O)(=O)c2ccc(Cl)cc2)C2CC2)cc1. The second kappa shape index (κ2) is 8.51. The molecule has 1 saturated carbocycles. The molecule has 150 valence electrons. The van der Waals surface area contributed by atoms with Crippen LogP contribution in [-0.2, 0) is 21.4 Å². The van der Waals surface area contributed by atoms with Crippen LogP contribution in [0.5, 0.6) is 5.75 Å². The minimum Gasteiger partial charge on any atom is -0.497 e. The number of carbonyl (C=O) groups excluding carboxylic acids is 1. The van der Waals surface area contributed by atoms with E-state index in [-0.39, 0.29) is 16.8 Å². The number of methoxy groups -OCH3 is 1. The first-order valence-corrected chi connectivity index (χ1v) is 10.9. The molecule has 1 aliphatic carbocycles. The molecule has 0 spiro atoms. The Balaban J connectivity index is 1.70. The smallest absolute Gasteiger partial charge is 0.241 e. The van der Waals surface area contributed by atoms with Gasteiger partial charge in [0, 0.05) is 17.6 Å². The molecule has 1 fully saturated rings. The van der Waals surface area contributed by atoms with Gasteiger partial charge in [-0.15, -0.1) is 0 Å². The molecule has 0 heterocycles. The zero-order valence-corrected chi connectivity index (χ0v) is 17.3. The predicted molar refractivity (Wildman–Crippen MR) is 108 cm³/mol. The number of halogens is 1. The number of hydrogen-bond donors (Lipinski definition) is 1. The molecule has 1 amide bonds. The largest absolute Gasteiger partial charge is 0.497 e. The zero-order valence-electron chi connectivity index (χ0n) is 15.8. The van der Waals surface area contributed by atoms with Gasteiger partial charge in [0.05, 0.1) is 18.0 Å². The lowest BCUT2D eigenvalue weighted by Gasteiger charge is -2.26. The number of rotatable bonds is 8. The third-order valence-corrected chi connectivity index (χ3v) is 6.42. The fourth-order valence-corrected chi connectivity index (χ4v) is 4.24. The molecular formula is C20H23ClN2O4S. The highest BCUT2D eigenvalue weighted by Crippen LogP contribution is 2.29. The maximum Gasteiger partial charge on any atom is 0.241 e. The lowest BCUT2D eigenvalue weighted by molar-refractivity contribution is -0.133. The van der Waals surface area contributed by atoms with Gasteiger partial charge in [0.2, 0.25) is 15.9 Å². The summed E-state index contributed by atoms with van der Waals surface area (Å²) in [6.45, 7) is 2.00. The number of benzene rings is 2. The summed E-state index contributed by atoms with van der Waals surface area (Å²) < 4.78 is 32.7. The van der Waals surface area contributed by atoms with Crippen LogP contribution in [0.3, 0.4) is 0 Å². The van der Waals surface area contributed by atoms with Gasteiger partial charge in [-0.3, -0.25) is 4.79 Å². The Bertz CT molecular complexity index is 926. The van der Waals surface area contributed by atoms with Gasteiger partial charge in [-0.25, -0.2) is 8.42 Å². The molecule has 0 radical (unpaired) electrons. The summed E-state index contributed by atoms with van der Waals surface area (Å²) in [5.74, 6) is 0.507. The highest BCUT2D eigenvalue weighted by molar-refractivity contribution is 7.89. The number of nitrogens with one attached hydrogen (secondary N) is 1. The van der Waals surface area contributed by atoms with Crippen LogP contribution in [0.15, 0.2) is 53.4 Å². The van der Waals surface area contributed by atoms with Crippen LogP contribution >= 0.6 is 11.6 Å². The molecule has 1 aliphatic rings. The summed E-state index contributed by atoms with van der Waals surface area (Å²) >= 11 is 5.81. The first kappa shape index (κ1) is 20.6. The summed E-state index contributed by atoms with van der Waals surface area (Å²) in [6.07, 6.45) is 1.86. The van der Waals surface area contributed by atoms with Gasteiger partial charge in [-0.2, -0.15) is 4.72 Å². The molecule has 0 bridgehead atoms. The molecule has 3 rings (SSSR count). The van der Waals surface area contributed by atoms with Crippen molar-refractivity contribution in [1.29, 1.82) is 0 Å². The first-order chi connectivity index (χ1) is 13.3. The van der Waals surface area contributed by atoms with Crippen LogP contribution in [-0.4, -0.2) is 38.4 Å². The lowest BCUT2D eigenvalue weighted by Crippen LogP contribution is -2.47. The Morgan fingerprint density at radius 2 is 1.79 bits per heavy atom. The maximum atomic E-state index is 13.0. The molecule has 0 aromatic heterocycles. The normalized spacial score (nSPS) is 15.1. The van der Waals surface area contributed by atoms with Crippen LogP contribution in [0.1, 0.15) is 25.3 Å². The second-order valence-electron chi connectivity index (χ2n) is 6.84. The van der Waals surface area contributed by atoms with Crippen molar-refractivity contribution in [3.05, 3.63) is 59.1 Å². The number of carbonyl (C=O) groups is 1. The van der Waals surface area contributed by atoms with Crippen LogP contribution in [0, 0.1) is 0 Å². The van der Waals surface area contributed by atoms with Gasteiger partial charge in [-0.05, 0) is 61.7 Å². The van der Waals surface area contributed by atoms with Crippen LogP contribution in [0.2, 0.25) is 5.02 Å². The van der Waals surface area contributed by atoms with Crippen molar-refractivity contribution in [1.82, 2.24) is 9.62 Å². The molecular weight excluding hydrogens is 400 g/mol. The van der Waals surface area contributed by atoms with E-state index < -0.39 is 16.1 Å². The van der Waals surface area contributed by atoms with Crippen LogP contribution < -0.4 is 9.46 Å². The average Bonchev–Trinajstić information content (AvgIpc) is 3.51. The minimum absolute atomic E-state index is 0.0738. The van der Waals surface area contributed by atoms with E-state index in [0.717, 1.165) is 24.2 Å². The highest BCUT2D eigenvalue weighted by atomic mass is 35.5. The third-order valence-electron chi connectivity index (χ3n) is 4.61. The van der Waals surface area contributed by atoms with Crippen molar-refractivity contribution in [2.24, 2.45) is 0 Å². The van der Waals surface area contributed by atoms with E-state index in [4.69, 9.17) is 16.3 Å². The number of amides is 1. The zero-order chi connectivity index (χ0) is 20.3. The van der Waals surface area contributed by atoms with Crippen molar-refractivity contribution in [2.45, 2.75) is 43.3 Å². The van der Waals surface area contributed by atoms with Gasteiger partial charge in [0.15, 0.2) is 0 Å². The highest BCUT2D eigenvalue weighted by Gasteiger charge is 2.35. The summed E-state index contributed by atoms with van der Waals surface area (Å²) in [4.78, 5) is 14.8. The molecule has 8 heteroatoms. The molecule has 2 aromatic carbocycles.